The van der Waals surface area contributed by atoms with Crippen LogP contribution in [0.4, 0.5) is 5.69 Å². The summed E-state index contributed by atoms with van der Waals surface area (Å²) in [5.41, 5.74) is 2.87. The Bertz CT molecular complexity index is 271. The van der Waals surface area contributed by atoms with Gasteiger partial charge in [-0.25, -0.2) is 0 Å². The molecule has 0 unspecified atom stereocenters. The van der Waals surface area contributed by atoms with E-state index in [1.165, 1.54) is 13.0 Å². The van der Waals surface area contributed by atoms with Crippen LogP contribution >= 0.6 is 0 Å². The van der Waals surface area contributed by atoms with E-state index < -0.39 is 0 Å². The Hall–Kier alpha value is -1.35. The topological polar surface area (TPSA) is 49.3 Å². The summed E-state index contributed by atoms with van der Waals surface area (Å²) in [5.74, 6) is -0.0319. The monoisotopic (exact) mass is 150 g/mol. The number of benzene rings is 1. The van der Waals surface area contributed by atoms with Gasteiger partial charge in [0.25, 0.3) is 0 Å². The predicted molar refractivity (Wildman–Crippen MR) is 40.7 cm³/mol. The molecule has 57 valence electrons. The first-order chi connectivity index (χ1) is 5.24. The summed E-state index contributed by atoms with van der Waals surface area (Å²) in [5, 5.41) is 8.45. The first-order valence-electron chi connectivity index (χ1n) is 3.17. The van der Waals surface area contributed by atoms with Crippen molar-refractivity contribution in [3.8, 4) is 0 Å². The van der Waals surface area contributed by atoms with Crippen molar-refractivity contribution in [1.29, 1.82) is 0 Å². The summed E-state index contributed by atoms with van der Waals surface area (Å²) in [6.45, 7) is 1.47. The van der Waals surface area contributed by atoms with Gasteiger partial charge in [-0.15, -0.1) is 0 Å². The molecule has 0 aromatic heterocycles. The van der Waals surface area contributed by atoms with E-state index in [-0.39, 0.29) is 5.78 Å². The molecule has 3 heteroatoms. The van der Waals surface area contributed by atoms with Crippen molar-refractivity contribution in [1.82, 2.24) is 0 Å². The second kappa shape index (κ2) is 3.16. The molecule has 1 aromatic rings. The number of hydrogen-bond acceptors (Lipinski definition) is 3. The Morgan fingerprint density at radius 2 is 2.45 bits per heavy atom. The number of ketones is 1. The minimum atomic E-state index is -0.0319. The number of carbonyl (C=O) groups is 1. The van der Waals surface area contributed by atoms with E-state index in [9.17, 15) is 4.79 Å². The van der Waals surface area contributed by atoms with Crippen LogP contribution in [0.2, 0.25) is 0 Å². The van der Waals surface area contributed by atoms with E-state index in [4.69, 9.17) is 5.21 Å². The van der Waals surface area contributed by atoms with Crippen LogP contribution in [0.5, 0.6) is 0 Å². The van der Waals surface area contributed by atoms with Gasteiger partial charge in [-0.2, -0.15) is 0 Å². The molecule has 1 rings (SSSR count). The fourth-order valence-electron chi connectivity index (χ4n) is 0.750. The number of Topliss-reactive ketones (excluding diaryl/α,β-unsaturated/α-hetero) is 1. The molecule has 0 heterocycles. The van der Waals surface area contributed by atoms with Gasteiger partial charge >= 0.3 is 0 Å². The van der Waals surface area contributed by atoms with Gasteiger partial charge in [0, 0.05) is 11.6 Å². The van der Waals surface area contributed by atoms with Gasteiger partial charge in [0.05, 0.1) is 5.69 Å². The van der Waals surface area contributed by atoms with Gasteiger partial charge in [-0.3, -0.25) is 15.5 Å². The van der Waals surface area contributed by atoms with E-state index >= 15 is 0 Å². The number of hydrogen-bond donors (Lipinski definition) is 2. The van der Waals surface area contributed by atoms with Gasteiger partial charge in [0.15, 0.2) is 5.78 Å². The molecule has 11 heavy (non-hydrogen) atoms. The molecule has 0 saturated carbocycles. The zero-order valence-corrected chi connectivity index (χ0v) is 6.09. The fraction of sp³-hybridized carbons (Fsp3) is 0.125. The van der Waals surface area contributed by atoms with Gasteiger partial charge in [-0.1, -0.05) is 12.1 Å². The molecule has 0 aliphatic heterocycles. The van der Waals surface area contributed by atoms with Crippen molar-refractivity contribution in [2.24, 2.45) is 0 Å². The van der Waals surface area contributed by atoms with Crippen LogP contribution in [-0.4, -0.2) is 11.0 Å². The van der Waals surface area contributed by atoms with Gasteiger partial charge in [0.1, 0.15) is 0 Å². The minimum absolute atomic E-state index is 0.0319. The molecule has 0 saturated heterocycles. The number of rotatable bonds is 2. The highest BCUT2D eigenvalue weighted by atomic mass is 16.5. The maximum absolute atomic E-state index is 10.8. The average Bonchev–Trinajstić information content (AvgIpc) is 2.05. The van der Waals surface area contributed by atoms with E-state index in [1.54, 1.807) is 12.1 Å². The normalized spacial score (nSPS) is 9.27. The largest absolute Gasteiger partial charge is 0.295 e. The third kappa shape index (κ3) is 1.78. The van der Waals surface area contributed by atoms with Crippen LogP contribution in [0.25, 0.3) is 0 Å². The lowest BCUT2D eigenvalue weighted by molar-refractivity contribution is 0.101. The molecule has 0 aliphatic carbocycles. The van der Waals surface area contributed by atoms with Crippen LogP contribution in [0.3, 0.4) is 0 Å². The SMILES string of the molecule is CC(=O)c1cc[c]c(NO)c1. The van der Waals surface area contributed by atoms with Crippen molar-refractivity contribution >= 4 is 11.5 Å². The van der Waals surface area contributed by atoms with Gasteiger partial charge < -0.3 is 0 Å². The Morgan fingerprint density at radius 3 is 3.00 bits per heavy atom. The Kier molecular flexibility index (Phi) is 2.23. The molecule has 2 N–H and O–H groups in total. The molecule has 0 fully saturated rings. The maximum Gasteiger partial charge on any atom is 0.159 e. The van der Waals surface area contributed by atoms with Gasteiger partial charge in [-0.05, 0) is 13.0 Å². The number of anilines is 1. The molecule has 0 aliphatic rings. The van der Waals surface area contributed by atoms with Crippen molar-refractivity contribution in [2.75, 3.05) is 5.48 Å². The molecule has 0 bridgehead atoms. The quantitative estimate of drug-likeness (QED) is 0.496. The van der Waals surface area contributed by atoms with E-state index in [0.29, 0.717) is 11.3 Å². The molecule has 0 spiro atoms. The summed E-state index contributed by atoms with van der Waals surface area (Å²) in [7, 11) is 0. The summed E-state index contributed by atoms with van der Waals surface area (Å²) in [4.78, 5) is 10.8. The van der Waals surface area contributed by atoms with Crippen LogP contribution in [0.15, 0.2) is 18.2 Å². The third-order valence-electron chi connectivity index (χ3n) is 1.33. The summed E-state index contributed by atoms with van der Waals surface area (Å²) in [6.07, 6.45) is 0. The molecular formula is C8H8NO2. The van der Waals surface area contributed by atoms with Gasteiger partial charge in [0.2, 0.25) is 0 Å². The zero-order valence-electron chi connectivity index (χ0n) is 6.09. The van der Waals surface area contributed by atoms with Crippen molar-refractivity contribution in [2.45, 2.75) is 6.92 Å². The predicted octanol–water partition coefficient (Wildman–Crippen LogP) is 1.49. The fourth-order valence-corrected chi connectivity index (χ4v) is 0.750. The average molecular weight is 150 g/mol. The van der Waals surface area contributed by atoms with Crippen LogP contribution in [-0.2, 0) is 0 Å². The third-order valence-corrected chi connectivity index (χ3v) is 1.33. The molecule has 1 radical (unpaired) electrons. The maximum atomic E-state index is 10.8. The standard InChI is InChI=1S/C8H8NO2/c1-6(10)7-3-2-4-8(5-7)9-11/h2-3,5,9,11H,1H3. The molecule has 3 nitrogen and oxygen atoms in total. The van der Waals surface area contributed by atoms with Crippen LogP contribution in [0, 0.1) is 6.07 Å². The highest BCUT2D eigenvalue weighted by Gasteiger charge is 1.98. The lowest BCUT2D eigenvalue weighted by Gasteiger charge is -1.98. The second-order valence-electron chi connectivity index (χ2n) is 2.16. The summed E-state index contributed by atoms with van der Waals surface area (Å²) >= 11 is 0. The molecule has 1 aromatic carbocycles. The summed E-state index contributed by atoms with van der Waals surface area (Å²) < 4.78 is 0. The highest BCUT2D eigenvalue weighted by molar-refractivity contribution is 5.94. The lowest BCUT2D eigenvalue weighted by atomic mass is 10.1. The summed E-state index contributed by atoms with van der Waals surface area (Å²) in [6, 6.07) is 7.45. The zero-order chi connectivity index (χ0) is 8.27. The first kappa shape index (κ1) is 7.75. The molecular weight excluding hydrogens is 142 g/mol. The van der Waals surface area contributed by atoms with Crippen molar-refractivity contribution < 1.29 is 10.0 Å². The van der Waals surface area contributed by atoms with Crippen molar-refractivity contribution in [3.05, 3.63) is 29.8 Å². The minimum Gasteiger partial charge on any atom is -0.295 e. The van der Waals surface area contributed by atoms with E-state index in [1.807, 2.05) is 5.48 Å². The van der Waals surface area contributed by atoms with Crippen LogP contribution in [0.1, 0.15) is 17.3 Å². The molecule has 0 atom stereocenters. The van der Waals surface area contributed by atoms with Crippen molar-refractivity contribution in [3.63, 3.8) is 0 Å². The Balaban J connectivity index is 3.01. The second-order valence-corrected chi connectivity index (χ2v) is 2.16. The smallest absolute Gasteiger partial charge is 0.159 e. The molecule has 0 amide bonds. The first-order valence-corrected chi connectivity index (χ1v) is 3.17. The van der Waals surface area contributed by atoms with E-state index in [2.05, 4.69) is 6.07 Å². The highest BCUT2D eigenvalue weighted by Crippen LogP contribution is 2.08. The Labute approximate surface area is 64.6 Å². The number of nitrogens with one attached hydrogen (secondary N) is 1. The lowest BCUT2D eigenvalue weighted by Crippen LogP contribution is -1.94. The van der Waals surface area contributed by atoms with E-state index in [0.717, 1.165) is 0 Å². The Morgan fingerprint density at radius 1 is 1.73 bits per heavy atom. The number of carbonyl (C=O) groups excluding carboxylic acids is 1. The van der Waals surface area contributed by atoms with Crippen LogP contribution < -0.4 is 5.48 Å².